The van der Waals surface area contributed by atoms with E-state index in [2.05, 4.69) is 15.0 Å². The number of aromatic nitrogens is 3. The van der Waals surface area contributed by atoms with Crippen molar-refractivity contribution in [3.63, 3.8) is 0 Å². The van der Waals surface area contributed by atoms with Gasteiger partial charge in [-0.2, -0.15) is 13.2 Å². The second-order valence-electron chi connectivity index (χ2n) is 8.99. The van der Waals surface area contributed by atoms with E-state index in [1.54, 1.807) is 17.3 Å². The number of rotatable bonds is 4. The Morgan fingerprint density at radius 2 is 1.91 bits per heavy atom. The number of halogens is 3. The van der Waals surface area contributed by atoms with Crippen LogP contribution in [-0.2, 0) is 25.6 Å². The number of hydrogen-bond acceptors (Lipinski definition) is 5. The molecule has 0 radical (unpaired) electrons. The molecule has 2 atom stereocenters. The van der Waals surface area contributed by atoms with Crippen LogP contribution in [0, 0.1) is 5.92 Å². The summed E-state index contributed by atoms with van der Waals surface area (Å²) in [6.07, 6.45) is 0.199. The predicted molar refractivity (Wildman–Crippen MR) is 121 cm³/mol. The molecule has 0 saturated carbocycles. The fraction of sp³-hybridized carbons (Fsp3) is 0.435. The van der Waals surface area contributed by atoms with Gasteiger partial charge in [-0.05, 0) is 37.5 Å². The van der Waals surface area contributed by atoms with E-state index in [9.17, 15) is 26.7 Å². The van der Waals surface area contributed by atoms with Crippen molar-refractivity contribution in [1.29, 1.82) is 0 Å². The molecule has 4 heterocycles. The second kappa shape index (κ2) is 8.99. The number of hydrogen-bond donors (Lipinski definition) is 1. The topological polar surface area (TPSA) is 105 Å². The number of imidazole rings is 1. The van der Waals surface area contributed by atoms with E-state index in [0.717, 1.165) is 35.4 Å². The first-order valence-corrected chi connectivity index (χ1v) is 12.8. The molecule has 35 heavy (non-hydrogen) atoms. The molecule has 12 heteroatoms. The monoisotopic (exact) mass is 507 g/mol. The molecule has 1 N–H and O–H groups in total. The lowest BCUT2D eigenvalue weighted by Gasteiger charge is -2.34. The summed E-state index contributed by atoms with van der Waals surface area (Å²) < 4.78 is 66.1. The minimum absolute atomic E-state index is 0.0126. The third-order valence-corrected chi connectivity index (χ3v) is 8.69. The number of amides is 1. The molecule has 8 nitrogen and oxygen atoms in total. The summed E-state index contributed by atoms with van der Waals surface area (Å²) in [4.78, 5) is 26.5. The van der Waals surface area contributed by atoms with Crippen molar-refractivity contribution in [2.45, 2.75) is 36.3 Å². The molecule has 3 aromatic rings. The van der Waals surface area contributed by atoms with Gasteiger partial charge in [-0.1, -0.05) is 10.3 Å². The quantitative estimate of drug-likeness (QED) is 0.544. The van der Waals surface area contributed by atoms with Crippen molar-refractivity contribution in [2.24, 2.45) is 5.92 Å². The largest absolute Gasteiger partial charge is 0.593 e. The number of carbonyl (C=O) groups is 1. The van der Waals surface area contributed by atoms with Crippen LogP contribution in [0.2, 0.25) is 0 Å². The Balaban J connectivity index is 1.20. The first kappa shape index (κ1) is 23.9. The average Bonchev–Trinajstić information content (AvgIpc) is 3.50. The van der Waals surface area contributed by atoms with Crippen LogP contribution in [-0.4, -0.2) is 60.8 Å². The number of sulfonamides is 1. The van der Waals surface area contributed by atoms with E-state index in [4.69, 9.17) is 0 Å². The molecular formula is C23H24F3N5O3S. The Morgan fingerprint density at radius 3 is 2.63 bits per heavy atom. The van der Waals surface area contributed by atoms with Crippen LogP contribution >= 0.6 is 0 Å². The SMILES string of the molecule is O=C(C1CCN([S+](=O)([O-])c2cccc(C(F)(F)F)c2)CC1)N1CCC(c2nc3ccncc3[nH]2)C1. The summed E-state index contributed by atoms with van der Waals surface area (Å²) in [5.41, 5.74) is 0.670. The van der Waals surface area contributed by atoms with Gasteiger partial charge in [-0.15, -0.1) is 4.31 Å². The highest BCUT2D eigenvalue weighted by molar-refractivity contribution is 7.95. The van der Waals surface area contributed by atoms with Gasteiger partial charge in [0.15, 0.2) is 15.3 Å². The number of benzene rings is 1. The maximum Gasteiger partial charge on any atom is 0.416 e. The van der Waals surface area contributed by atoms with Gasteiger partial charge < -0.3 is 14.4 Å². The first-order valence-electron chi connectivity index (χ1n) is 11.4. The molecule has 1 aromatic carbocycles. The number of aromatic amines is 1. The number of nitrogens with zero attached hydrogens (tertiary/aromatic N) is 4. The Labute approximate surface area is 200 Å². The third-order valence-electron chi connectivity index (χ3n) is 6.79. The maximum atomic E-state index is 13.1. The van der Waals surface area contributed by atoms with Crippen LogP contribution < -0.4 is 0 Å². The molecule has 2 fully saturated rings. The number of carbonyl (C=O) groups excluding carboxylic acids is 1. The summed E-state index contributed by atoms with van der Waals surface area (Å²) >= 11 is 0. The van der Waals surface area contributed by atoms with E-state index in [-0.39, 0.29) is 35.7 Å². The van der Waals surface area contributed by atoms with E-state index < -0.39 is 22.1 Å². The van der Waals surface area contributed by atoms with Crippen molar-refractivity contribution in [3.8, 4) is 0 Å². The lowest BCUT2D eigenvalue weighted by Crippen LogP contribution is -2.46. The van der Waals surface area contributed by atoms with Crippen LogP contribution in [0.15, 0.2) is 47.6 Å². The van der Waals surface area contributed by atoms with E-state index in [1.807, 2.05) is 6.07 Å². The van der Waals surface area contributed by atoms with Gasteiger partial charge in [0.05, 0.1) is 22.8 Å². The molecule has 2 aliphatic rings. The summed E-state index contributed by atoms with van der Waals surface area (Å²) in [6, 6.07) is 5.59. The van der Waals surface area contributed by atoms with Crippen LogP contribution in [0.3, 0.4) is 0 Å². The van der Waals surface area contributed by atoms with Crippen LogP contribution in [0.4, 0.5) is 13.2 Å². The number of fused-ring (bicyclic) bond motifs is 1. The molecular weight excluding hydrogens is 483 g/mol. The summed E-state index contributed by atoms with van der Waals surface area (Å²) in [5, 5.41) is 0. The number of alkyl halides is 3. The lowest BCUT2D eigenvalue weighted by atomic mass is 9.96. The van der Waals surface area contributed by atoms with Crippen molar-refractivity contribution in [3.05, 3.63) is 54.1 Å². The Bertz CT molecular complexity index is 1260. The lowest BCUT2D eigenvalue weighted by molar-refractivity contribution is -0.138. The molecule has 0 spiro atoms. The molecule has 2 aliphatic heterocycles. The third kappa shape index (κ3) is 4.69. The second-order valence-corrected chi connectivity index (χ2v) is 10.9. The van der Waals surface area contributed by atoms with E-state index in [0.29, 0.717) is 32.0 Å². The standard InChI is InChI=1S/C23H24F3N5O3S/c24-23(25,26)17-2-1-3-18(12-17)35(33,34)31-10-6-15(7-11-31)22(32)30-9-5-16(14-30)21-28-19-4-8-27-13-20(19)29-21/h1-4,8,12-13,15-16H,5-7,9-11,14H2,(H-,27,28,29,33,34). The van der Waals surface area contributed by atoms with E-state index in [1.165, 1.54) is 10.4 Å². The number of nitrogens with one attached hydrogen (secondary N) is 1. The summed E-state index contributed by atoms with van der Waals surface area (Å²) in [7, 11) is -4.08. The number of pyridine rings is 1. The van der Waals surface area contributed by atoms with Crippen molar-refractivity contribution >= 4 is 27.3 Å². The van der Waals surface area contributed by atoms with Crippen LogP contribution in [0.5, 0.6) is 0 Å². The Hall–Kier alpha value is -2.83. The van der Waals surface area contributed by atoms with Crippen LogP contribution in [0.25, 0.3) is 11.0 Å². The summed E-state index contributed by atoms with van der Waals surface area (Å²) in [5.74, 6) is 0.584. The Morgan fingerprint density at radius 1 is 1.14 bits per heavy atom. The number of H-pyrrole nitrogens is 1. The molecule has 2 saturated heterocycles. The maximum absolute atomic E-state index is 13.1. The van der Waals surface area contributed by atoms with Gasteiger partial charge in [0, 0.05) is 50.3 Å². The van der Waals surface area contributed by atoms with E-state index >= 15 is 0 Å². The molecule has 2 aromatic heterocycles. The van der Waals surface area contributed by atoms with Gasteiger partial charge >= 0.3 is 6.18 Å². The average molecular weight is 508 g/mol. The molecule has 0 bridgehead atoms. The first-order chi connectivity index (χ1) is 16.6. The fourth-order valence-corrected chi connectivity index (χ4v) is 6.35. The van der Waals surface area contributed by atoms with Crippen molar-refractivity contribution in [1.82, 2.24) is 24.2 Å². The minimum Gasteiger partial charge on any atom is -0.593 e. The molecule has 5 rings (SSSR count). The minimum atomic E-state index is -4.63. The zero-order valence-electron chi connectivity index (χ0n) is 18.7. The van der Waals surface area contributed by atoms with Gasteiger partial charge in [0.25, 0.3) is 0 Å². The zero-order chi connectivity index (χ0) is 24.8. The van der Waals surface area contributed by atoms with Crippen molar-refractivity contribution in [2.75, 3.05) is 26.2 Å². The molecule has 0 aliphatic carbocycles. The predicted octanol–water partition coefficient (Wildman–Crippen LogP) is 3.61. The molecule has 2 unspecified atom stereocenters. The zero-order valence-corrected chi connectivity index (χ0v) is 19.5. The number of likely N-dealkylation sites (tertiary alicyclic amines) is 1. The normalized spacial score (nSPS) is 21.9. The highest BCUT2D eigenvalue weighted by Crippen LogP contribution is 2.34. The van der Waals surface area contributed by atoms with Gasteiger partial charge in [-0.3, -0.25) is 9.78 Å². The van der Waals surface area contributed by atoms with Crippen LogP contribution in [0.1, 0.15) is 36.6 Å². The highest BCUT2D eigenvalue weighted by Gasteiger charge is 2.40. The number of piperidine rings is 1. The molecule has 1 amide bonds. The highest BCUT2D eigenvalue weighted by atomic mass is 32.3. The van der Waals surface area contributed by atoms with Gasteiger partial charge in [0.1, 0.15) is 5.82 Å². The van der Waals surface area contributed by atoms with Crippen molar-refractivity contribution < 1.29 is 26.7 Å². The van der Waals surface area contributed by atoms with Gasteiger partial charge in [-0.25, -0.2) is 4.98 Å². The Kier molecular flexibility index (Phi) is 6.14. The summed E-state index contributed by atoms with van der Waals surface area (Å²) in [6.45, 7) is 1.31. The van der Waals surface area contributed by atoms with Gasteiger partial charge in [0.2, 0.25) is 5.91 Å². The fourth-order valence-electron chi connectivity index (χ4n) is 4.84. The smallest absolute Gasteiger partial charge is 0.416 e. The molecule has 186 valence electrons.